The quantitative estimate of drug-likeness (QED) is 0.774. The molecule has 0 saturated carbocycles. The van der Waals surface area contributed by atoms with Gasteiger partial charge in [-0.15, -0.1) is 0 Å². The van der Waals surface area contributed by atoms with Gasteiger partial charge in [0.25, 0.3) is 0 Å². The Morgan fingerprint density at radius 2 is 2.07 bits per heavy atom. The third-order valence-electron chi connectivity index (χ3n) is 2.46. The summed E-state index contributed by atoms with van der Waals surface area (Å²) in [5.41, 5.74) is 1.27. The molecule has 0 spiro atoms. The van der Waals surface area contributed by atoms with E-state index in [1.807, 2.05) is 12.1 Å². The molecule has 0 aliphatic heterocycles. The lowest BCUT2D eigenvalue weighted by Gasteiger charge is -2.15. The lowest BCUT2D eigenvalue weighted by molar-refractivity contribution is 0.406. The molecule has 0 saturated heterocycles. The van der Waals surface area contributed by atoms with Crippen LogP contribution in [0.2, 0.25) is 0 Å². The summed E-state index contributed by atoms with van der Waals surface area (Å²) in [6, 6.07) is 8.71. The van der Waals surface area contributed by atoms with E-state index >= 15 is 0 Å². The zero-order valence-electron chi connectivity index (χ0n) is 9.92. The van der Waals surface area contributed by atoms with Crippen molar-refractivity contribution in [3.8, 4) is 5.75 Å². The van der Waals surface area contributed by atoms with Gasteiger partial charge >= 0.3 is 0 Å². The van der Waals surface area contributed by atoms with Crippen LogP contribution in [0.4, 0.5) is 0 Å². The summed E-state index contributed by atoms with van der Waals surface area (Å²) >= 11 is 0. The Morgan fingerprint density at radius 3 is 2.73 bits per heavy atom. The second kappa shape index (κ2) is 6.46. The summed E-state index contributed by atoms with van der Waals surface area (Å²) in [5, 5.41) is 3.48. The Balaban J connectivity index is 2.55. The van der Waals surface area contributed by atoms with Crippen molar-refractivity contribution in [1.82, 2.24) is 5.32 Å². The molecule has 0 amide bonds. The summed E-state index contributed by atoms with van der Waals surface area (Å²) in [5.74, 6) is 0.989. The van der Waals surface area contributed by atoms with Crippen LogP contribution in [0.25, 0.3) is 0 Å². The molecule has 2 nitrogen and oxygen atoms in total. The van der Waals surface area contributed by atoms with Gasteiger partial charge in [0.1, 0.15) is 5.75 Å². The number of benzene rings is 1. The van der Waals surface area contributed by atoms with Crippen molar-refractivity contribution < 1.29 is 4.74 Å². The van der Waals surface area contributed by atoms with Gasteiger partial charge in [-0.3, -0.25) is 0 Å². The maximum absolute atomic E-state index is 5.32. The van der Waals surface area contributed by atoms with Crippen LogP contribution < -0.4 is 10.1 Å². The first kappa shape index (κ1) is 12.1. The van der Waals surface area contributed by atoms with Crippen molar-refractivity contribution in [2.45, 2.75) is 32.7 Å². The zero-order valence-corrected chi connectivity index (χ0v) is 9.92. The highest BCUT2D eigenvalue weighted by atomic mass is 16.5. The molecule has 0 aliphatic carbocycles. The van der Waals surface area contributed by atoms with Crippen molar-refractivity contribution >= 4 is 0 Å². The van der Waals surface area contributed by atoms with Crippen LogP contribution >= 0.6 is 0 Å². The maximum Gasteiger partial charge on any atom is 0.122 e. The van der Waals surface area contributed by atoms with Gasteiger partial charge in [0.15, 0.2) is 0 Å². The van der Waals surface area contributed by atoms with Crippen molar-refractivity contribution in [3.63, 3.8) is 0 Å². The molecule has 84 valence electrons. The van der Waals surface area contributed by atoms with E-state index in [2.05, 4.69) is 31.3 Å². The predicted octanol–water partition coefficient (Wildman–Crippen LogP) is 2.63. The number of rotatable bonds is 6. The van der Waals surface area contributed by atoms with Crippen molar-refractivity contribution in [3.05, 3.63) is 29.8 Å². The normalized spacial score (nSPS) is 12.5. The Kier molecular flexibility index (Phi) is 5.19. The number of hydrogen-bond donors (Lipinski definition) is 1. The lowest BCUT2D eigenvalue weighted by Crippen LogP contribution is -2.28. The fraction of sp³-hybridized carbons (Fsp3) is 0.538. The Labute approximate surface area is 92.6 Å². The van der Waals surface area contributed by atoms with Crippen LogP contribution in [0.15, 0.2) is 24.3 Å². The molecule has 1 atom stereocenters. The summed E-state index contributed by atoms with van der Waals surface area (Å²) in [4.78, 5) is 0. The fourth-order valence-electron chi connectivity index (χ4n) is 1.66. The van der Waals surface area contributed by atoms with Gasteiger partial charge in [-0.25, -0.2) is 0 Å². The number of methoxy groups -OCH3 is 1. The summed E-state index contributed by atoms with van der Waals surface area (Å²) in [6.45, 7) is 5.47. The number of nitrogens with one attached hydrogen (secondary N) is 1. The van der Waals surface area contributed by atoms with Crippen LogP contribution in [0, 0.1) is 0 Å². The van der Waals surface area contributed by atoms with Gasteiger partial charge in [0, 0.05) is 6.04 Å². The molecule has 0 bridgehead atoms. The SMILES string of the molecule is CCCN[C@H](C)Cc1ccccc1OC. The van der Waals surface area contributed by atoms with Crippen LogP contribution in [0.3, 0.4) is 0 Å². The molecule has 0 radical (unpaired) electrons. The lowest BCUT2D eigenvalue weighted by atomic mass is 10.1. The maximum atomic E-state index is 5.32. The Bertz CT molecular complexity index is 286. The molecule has 0 heterocycles. The van der Waals surface area contributed by atoms with E-state index in [-0.39, 0.29) is 0 Å². The van der Waals surface area contributed by atoms with E-state index in [9.17, 15) is 0 Å². The fourth-order valence-corrected chi connectivity index (χ4v) is 1.66. The van der Waals surface area contributed by atoms with Gasteiger partial charge < -0.3 is 10.1 Å². The van der Waals surface area contributed by atoms with E-state index in [1.54, 1.807) is 7.11 Å². The third kappa shape index (κ3) is 3.92. The molecule has 1 aromatic carbocycles. The van der Waals surface area contributed by atoms with Crippen LogP contribution in [0.5, 0.6) is 5.75 Å². The minimum absolute atomic E-state index is 0.501. The largest absolute Gasteiger partial charge is 0.496 e. The van der Waals surface area contributed by atoms with E-state index in [0.717, 1.165) is 18.7 Å². The molecule has 0 aromatic heterocycles. The highest BCUT2D eigenvalue weighted by Gasteiger charge is 2.06. The number of para-hydroxylation sites is 1. The molecule has 1 rings (SSSR count). The van der Waals surface area contributed by atoms with Gasteiger partial charge in [-0.1, -0.05) is 25.1 Å². The predicted molar refractivity (Wildman–Crippen MR) is 64.5 cm³/mol. The minimum Gasteiger partial charge on any atom is -0.496 e. The van der Waals surface area contributed by atoms with Gasteiger partial charge in [-0.2, -0.15) is 0 Å². The summed E-state index contributed by atoms with van der Waals surface area (Å²) in [7, 11) is 1.73. The first-order valence-electron chi connectivity index (χ1n) is 5.63. The van der Waals surface area contributed by atoms with Crippen LogP contribution in [0.1, 0.15) is 25.8 Å². The molecule has 2 heteroatoms. The molecule has 0 unspecified atom stereocenters. The highest BCUT2D eigenvalue weighted by molar-refractivity contribution is 5.33. The van der Waals surface area contributed by atoms with E-state index in [4.69, 9.17) is 4.74 Å². The van der Waals surface area contributed by atoms with Crippen molar-refractivity contribution in [2.24, 2.45) is 0 Å². The molecular weight excluding hydrogens is 186 g/mol. The number of ether oxygens (including phenoxy) is 1. The molecule has 0 fully saturated rings. The molecule has 0 aliphatic rings. The minimum atomic E-state index is 0.501. The highest BCUT2D eigenvalue weighted by Crippen LogP contribution is 2.18. The second-order valence-electron chi connectivity index (χ2n) is 3.87. The first-order valence-corrected chi connectivity index (χ1v) is 5.63. The average Bonchev–Trinajstić information content (AvgIpc) is 2.27. The van der Waals surface area contributed by atoms with Crippen LogP contribution in [-0.2, 0) is 6.42 Å². The van der Waals surface area contributed by atoms with Gasteiger partial charge in [0.05, 0.1) is 7.11 Å². The van der Waals surface area contributed by atoms with Crippen molar-refractivity contribution in [1.29, 1.82) is 0 Å². The monoisotopic (exact) mass is 207 g/mol. The van der Waals surface area contributed by atoms with Gasteiger partial charge in [0.2, 0.25) is 0 Å². The summed E-state index contributed by atoms with van der Waals surface area (Å²) in [6.07, 6.45) is 2.19. The smallest absolute Gasteiger partial charge is 0.122 e. The van der Waals surface area contributed by atoms with E-state index in [1.165, 1.54) is 12.0 Å². The zero-order chi connectivity index (χ0) is 11.1. The van der Waals surface area contributed by atoms with E-state index in [0.29, 0.717) is 6.04 Å². The van der Waals surface area contributed by atoms with Gasteiger partial charge in [-0.05, 0) is 37.9 Å². The first-order chi connectivity index (χ1) is 7.27. The van der Waals surface area contributed by atoms with Crippen LogP contribution in [-0.4, -0.2) is 19.7 Å². The second-order valence-corrected chi connectivity index (χ2v) is 3.87. The standard InChI is InChI=1S/C13H21NO/c1-4-9-14-11(2)10-12-7-5-6-8-13(12)15-3/h5-8,11,14H,4,9-10H2,1-3H3/t11-/m1/s1. The third-order valence-corrected chi connectivity index (χ3v) is 2.46. The molecule has 1 N–H and O–H groups in total. The van der Waals surface area contributed by atoms with E-state index < -0.39 is 0 Å². The molecular formula is C13H21NO. The summed E-state index contributed by atoms with van der Waals surface area (Å²) < 4.78 is 5.32. The molecule has 1 aromatic rings. The van der Waals surface area contributed by atoms with Crippen molar-refractivity contribution in [2.75, 3.05) is 13.7 Å². The topological polar surface area (TPSA) is 21.3 Å². The molecule has 15 heavy (non-hydrogen) atoms. The Morgan fingerprint density at radius 1 is 1.33 bits per heavy atom. The Hall–Kier alpha value is -1.02. The number of hydrogen-bond acceptors (Lipinski definition) is 2. The average molecular weight is 207 g/mol.